The van der Waals surface area contributed by atoms with Crippen molar-refractivity contribution in [3.05, 3.63) is 17.0 Å². The summed E-state index contributed by atoms with van der Waals surface area (Å²) < 4.78 is 10.5. The SMILES string of the molecule is CCc1noc(C)c1C(=O)N1CCCC(C(=O)N2CCOCC2)C1. The van der Waals surface area contributed by atoms with Gasteiger partial charge in [0, 0.05) is 26.2 Å². The summed E-state index contributed by atoms with van der Waals surface area (Å²) in [6.07, 6.45) is 2.34. The first-order valence-electron chi connectivity index (χ1n) is 8.72. The first kappa shape index (κ1) is 17.0. The van der Waals surface area contributed by atoms with Gasteiger partial charge >= 0.3 is 0 Å². The van der Waals surface area contributed by atoms with Crippen molar-refractivity contribution >= 4 is 11.8 Å². The largest absolute Gasteiger partial charge is 0.378 e. The van der Waals surface area contributed by atoms with Crippen LogP contribution in [0.3, 0.4) is 0 Å². The molecule has 2 fully saturated rings. The van der Waals surface area contributed by atoms with Gasteiger partial charge in [-0.05, 0) is 26.2 Å². The fraction of sp³-hybridized carbons (Fsp3) is 0.706. The molecule has 2 amide bonds. The average molecular weight is 335 g/mol. The molecule has 24 heavy (non-hydrogen) atoms. The number of hydrogen-bond acceptors (Lipinski definition) is 5. The molecule has 0 bridgehead atoms. The maximum absolute atomic E-state index is 12.9. The average Bonchev–Trinajstić information content (AvgIpc) is 3.02. The van der Waals surface area contributed by atoms with Crippen LogP contribution in [0.2, 0.25) is 0 Å². The van der Waals surface area contributed by atoms with Crippen LogP contribution in [0.15, 0.2) is 4.52 Å². The summed E-state index contributed by atoms with van der Waals surface area (Å²) in [7, 11) is 0. The summed E-state index contributed by atoms with van der Waals surface area (Å²) in [5, 5.41) is 3.97. The van der Waals surface area contributed by atoms with Crippen LogP contribution in [0, 0.1) is 12.8 Å². The number of carbonyl (C=O) groups is 2. The van der Waals surface area contributed by atoms with E-state index in [1.54, 1.807) is 11.8 Å². The van der Waals surface area contributed by atoms with Crippen LogP contribution < -0.4 is 0 Å². The van der Waals surface area contributed by atoms with Crippen molar-refractivity contribution in [2.45, 2.75) is 33.1 Å². The highest BCUT2D eigenvalue weighted by Gasteiger charge is 2.33. The zero-order chi connectivity index (χ0) is 17.1. The van der Waals surface area contributed by atoms with Gasteiger partial charge in [-0.25, -0.2) is 0 Å². The predicted octanol–water partition coefficient (Wildman–Crippen LogP) is 1.26. The molecule has 1 aromatic rings. The zero-order valence-corrected chi connectivity index (χ0v) is 14.4. The molecule has 7 nitrogen and oxygen atoms in total. The molecule has 2 aliphatic heterocycles. The Morgan fingerprint density at radius 3 is 2.67 bits per heavy atom. The molecule has 0 saturated carbocycles. The number of carbonyl (C=O) groups excluding carboxylic acids is 2. The smallest absolute Gasteiger partial charge is 0.259 e. The first-order valence-corrected chi connectivity index (χ1v) is 8.72. The zero-order valence-electron chi connectivity index (χ0n) is 14.4. The van der Waals surface area contributed by atoms with Crippen LogP contribution in [0.25, 0.3) is 0 Å². The predicted molar refractivity (Wildman–Crippen MR) is 86.6 cm³/mol. The van der Waals surface area contributed by atoms with Crippen molar-refractivity contribution in [2.24, 2.45) is 5.92 Å². The van der Waals surface area contributed by atoms with E-state index in [-0.39, 0.29) is 17.7 Å². The molecule has 2 aliphatic rings. The Morgan fingerprint density at radius 1 is 1.21 bits per heavy atom. The van der Waals surface area contributed by atoms with E-state index >= 15 is 0 Å². The van der Waals surface area contributed by atoms with Crippen LogP contribution in [0.5, 0.6) is 0 Å². The Hall–Kier alpha value is -1.89. The van der Waals surface area contributed by atoms with Gasteiger partial charge in [-0.2, -0.15) is 0 Å². The molecule has 2 saturated heterocycles. The molecule has 7 heteroatoms. The van der Waals surface area contributed by atoms with Gasteiger partial charge < -0.3 is 19.1 Å². The van der Waals surface area contributed by atoms with Crippen molar-refractivity contribution in [3.8, 4) is 0 Å². The first-order chi connectivity index (χ1) is 11.6. The summed E-state index contributed by atoms with van der Waals surface area (Å²) in [5.74, 6) is 0.517. The van der Waals surface area contributed by atoms with Crippen molar-refractivity contribution in [1.29, 1.82) is 0 Å². The Kier molecular flexibility index (Phi) is 5.18. The fourth-order valence-corrected chi connectivity index (χ4v) is 3.50. The number of likely N-dealkylation sites (tertiary alicyclic amines) is 1. The Labute approximate surface area is 141 Å². The number of amides is 2. The van der Waals surface area contributed by atoms with Crippen LogP contribution in [0.1, 0.15) is 41.6 Å². The molecule has 0 radical (unpaired) electrons. The monoisotopic (exact) mass is 335 g/mol. The number of piperidine rings is 1. The summed E-state index contributed by atoms with van der Waals surface area (Å²) >= 11 is 0. The van der Waals surface area contributed by atoms with Gasteiger partial charge in [-0.3, -0.25) is 9.59 Å². The van der Waals surface area contributed by atoms with Crippen LogP contribution in [-0.2, 0) is 16.0 Å². The van der Waals surface area contributed by atoms with E-state index in [4.69, 9.17) is 9.26 Å². The molecular weight excluding hydrogens is 310 g/mol. The van der Waals surface area contributed by atoms with E-state index in [1.165, 1.54) is 0 Å². The lowest BCUT2D eigenvalue weighted by atomic mass is 9.95. The molecule has 132 valence electrons. The van der Waals surface area contributed by atoms with E-state index in [9.17, 15) is 9.59 Å². The minimum atomic E-state index is -0.119. The Morgan fingerprint density at radius 2 is 1.96 bits per heavy atom. The number of rotatable bonds is 3. The second-order valence-corrected chi connectivity index (χ2v) is 6.44. The van der Waals surface area contributed by atoms with Crippen molar-refractivity contribution in [1.82, 2.24) is 15.0 Å². The lowest BCUT2D eigenvalue weighted by Crippen LogP contribution is -2.49. The summed E-state index contributed by atoms with van der Waals surface area (Å²) in [6.45, 7) is 7.36. The standard InChI is InChI=1S/C17H25N3O4/c1-3-14-15(12(2)24-18-14)17(22)20-6-4-5-13(11-20)16(21)19-7-9-23-10-8-19/h13H,3-11H2,1-2H3. The highest BCUT2D eigenvalue weighted by Crippen LogP contribution is 2.23. The number of aryl methyl sites for hydroxylation is 2. The third-order valence-corrected chi connectivity index (χ3v) is 4.86. The van der Waals surface area contributed by atoms with Gasteiger partial charge in [-0.1, -0.05) is 12.1 Å². The molecule has 0 aromatic carbocycles. The molecule has 3 rings (SSSR count). The second kappa shape index (κ2) is 7.34. The molecule has 0 aliphatic carbocycles. The van der Waals surface area contributed by atoms with Gasteiger partial charge in [0.25, 0.3) is 5.91 Å². The minimum Gasteiger partial charge on any atom is -0.378 e. The summed E-state index contributed by atoms with van der Waals surface area (Å²) in [4.78, 5) is 29.2. The van der Waals surface area contributed by atoms with Gasteiger partial charge in [0.15, 0.2) is 0 Å². The van der Waals surface area contributed by atoms with E-state index in [0.717, 1.165) is 12.8 Å². The molecule has 3 heterocycles. The third kappa shape index (κ3) is 3.31. The topological polar surface area (TPSA) is 75.9 Å². The lowest BCUT2D eigenvalue weighted by molar-refractivity contribution is -0.141. The van der Waals surface area contributed by atoms with Gasteiger partial charge in [-0.15, -0.1) is 0 Å². The number of nitrogens with zero attached hydrogens (tertiary/aromatic N) is 3. The second-order valence-electron chi connectivity index (χ2n) is 6.44. The molecule has 1 atom stereocenters. The molecule has 1 unspecified atom stereocenters. The van der Waals surface area contributed by atoms with E-state index < -0.39 is 0 Å². The maximum Gasteiger partial charge on any atom is 0.259 e. The van der Waals surface area contributed by atoms with Crippen LogP contribution >= 0.6 is 0 Å². The minimum absolute atomic E-state index is 0.0647. The van der Waals surface area contributed by atoms with Gasteiger partial charge in [0.2, 0.25) is 5.91 Å². The summed E-state index contributed by atoms with van der Waals surface area (Å²) in [6, 6.07) is 0. The Bertz CT molecular complexity index is 607. The highest BCUT2D eigenvalue weighted by atomic mass is 16.5. The number of aromatic nitrogens is 1. The van der Waals surface area contributed by atoms with Crippen LogP contribution in [0.4, 0.5) is 0 Å². The van der Waals surface area contributed by atoms with Crippen molar-refractivity contribution in [2.75, 3.05) is 39.4 Å². The van der Waals surface area contributed by atoms with Crippen molar-refractivity contribution < 1.29 is 18.8 Å². The highest BCUT2D eigenvalue weighted by molar-refractivity contribution is 5.96. The molecule has 1 aromatic heterocycles. The van der Waals surface area contributed by atoms with Crippen molar-refractivity contribution in [3.63, 3.8) is 0 Å². The normalized spacial score (nSPS) is 21.8. The fourth-order valence-electron chi connectivity index (χ4n) is 3.50. The lowest BCUT2D eigenvalue weighted by Gasteiger charge is -2.36. The maximum atomic E-state index is 12.9. The number of ether oxygens (including phenoxy) is 1. The van der Waals surface area contributed by atoms with E-state index in [1.807, 2.05) is 11.8 Å². The molecular formula is C17H25N3O4. The summed E-state index contributed by atoms with van der Waals surface area (Å²) in [5.41, 5.74) is 1.26. The van der Waals surface area contributed by atoms with E-state index in [2.05, 4.69) is 5.16 Å². The number of morpholine rings is 1. The van der Waals surface area contributed by atoms with Gasteiger partial charge in [0.05, 0.1) is 24.8 Å². The van der Waals surface area contributed by atoms with Crippen LogP contribution in [-0.4, -0.2) is 66.2 Å². The number of hydrogen-bond donors (Lipinski definition) is 0. The Balaban J connectivity index is 1.69. The third-order valence-electron chi connectivity index (χ3n) is 4.86. The quantitative estimate of drug-likeness (QED) is 0.831. The van der Waals surface area contributed by atoms with Gasteiger partial charge in [0.1, 0.15) is 11.3 Å². The molecule has 0 N–H and O–H groups in total. The molecule has 0 spiro atoms. The van der Waals surface area contributed by atoms with E-state index in [0.29, 0.717) is 62.8 Å².